The molecule has 0 aliphatic carbocycles. The van der Waals surface area contributed by atoms with Crippen LogP contribution < -0.4 is 0 Å². The van der Waals surface area contributed by atoms with Gasteiger partial charge in [0.25, 0.3) is 0 Å². The molecule has 0 spiro atoms. The van der Waals surface area contributed by atoms with Crippen molar-refractivity contribution in [1.29, 1.82) is 0 Å². The predicted octanol–water partition coefficient (Wildman–Crippen LogP) is 4.60. The molecule has 0 aliphatic heterocycles. The number of hydrogen-bond acceptors (Lipinski definition) is 1. The van der Waals surface area contributed by atoms with Gasteiger partial charge in [-0.1, -0.05) is 39.3 Å². The van der Waals surface area contributed by atoms with E-state index in [1.807, 2.05) is 0 Å². The first-order valence-corrected chi connectivity index (χ1v) is 9.36. The molecule has 0 aromatic carbocycles. The topological polar surface area (TPSA) is 3.24 Å². The standard InChI is InChI=1S/C14H31NSi/c1-7-11-15(12-8-2)16(10-4,13-9-3)14(5)6/h5,7-13H2,1-4,6H3. The first-order valence-electron chi connectivity index (χ1n) is 7.00. The van der Waals surface area contributed by atoms with E-state index in [0.717, 1.165) is 0 Å². The highest BCUT2D eigenvalue weighted by atomic mass is 28.3. The molecule has 0 bridgehead atoms. The second-order valence-corrected chi connectivity index (χ2v) is 9.66. The maximum atomic E-state index is 4.32. The zero-order chi connectivity index (χ0) is 12.6. The van der Waals surface area contributed by atoms with E-state index < -0.39 is 8.24 Å². The molecule has 2 heteroatoms. The van der Waals surface area contributed by atoms with Crippen molar-refractivity contribution in [3.8, 4) is 0 Å². The van der Waals surface area contributed by atoms with E-state index in [4.69, 9.17) is 0 Å². The minimum Gasteiger partial charge on any atom is -0.320 e. The Morgan fingerprint density at radius 2 is 1.50 bits per heavy atom. The molecule has 0 aromatic rings. The smallest absolute Gasteiger partial charge is 0.155 e. The minimum atomic E-state index is -1.38. The Kier molecular flexibility index (Phi) is 8.03. The van der Waals surface area contributed by atoms with Crippen molar-refractivity contribution in [3.63, 3.8) is 0 Å². The lowest BCUT2D eigenvalue weighted by Gasteiger charge is -2.42. The summed E-state index contributed by atoms with van der Waals surface area (Å²) in [5.74, 6) is 0. The van der Waals surface area contributed by atoms with Crippen LogP contribution in [0.4, 0.5) is 0 Å². The molecule has 0 saturated carbocycles. The van der Waals surface area contributed by atoms with Gasteiger partial charge < -0.3 is 4.57 Å². The van der Waals surface area contributed by atoms with Crippen LogP contribution in [-0.4, -0.2) is 25.9 Å². The summed E-state index contributed by atoms with van der Waals surface area (Å²) in [5.41, 5.74) is 0. The normalized spacial score (nSPS) is 15.1. The van der Waals surface area contributed by atoms with E-state index >= 15 is 0 Å². The third kappa shape index (κ3) is 3.74. The van der Waals surface area contributed by atoms with Crippen molar-refractivity contribution in [3.05, 3.63) is 11.8 Å². The van der Waals surface area contributed by atoms with Gasteiger partial charge in [-0.2, -0.15) is 0 Å². The van der Waals surface area contributed by atoms with Gasteiger partial charge >= 0.3 is 0 Å². The summed E-state index contributed by atoms with van der Waals surface area (Å²) < 4.78 is 2.80. The predicted molar refractivity (Wildman–Crippen MR) is 78.3 cm³/mol. The average molecular weight is 241 g/mol. The highest BCUT2D eigenvalue weighted by Gasteiger charge is 2.37. The molecule has 0 N–H and O–H groups in total. The molecule has 0 rings (SSSR count). The maximum Gasteiger partial charge on any atom is 0.155 e. The Hall–Kier alpha value is -0.0831. The monoisotopic (exact) mass is 241 g/mol. The summed E-state index contributed by atoms with van der Waals surface area (Å²) in [6, 6.07) is 2.72. The molecular formula is C14H31NSi. The highest BCUT2D eigenvalue weighted by Crippen LogP contribution is 2.29. The van der Waals surface area contributed by atoms with E-state index in [1.165, 1.54) is 49.6 Å². The van der Waals surface area contributed by atoms with E-state index in [2.05, 4.69) is 45.8 Å². The summed E-state index contributed by atoms with van der Waals surface area (Å²) in [5, 5.41) is 1.48. The average Bonchev–Trinajstić information content (AvgIpc) is 2.25. The summed E-state index contributed by atoms with van der Waals surface area (Å²) >= 11 is 0. The third-order valence-corrected chi connectivity index (χ3v) is 9.38. The van der Waals surface area contributed by atoms with Gasteiger partial charge in [0.1, 0.15) is 0 Å². The zero-order valence-corrected chi connectivity index (χ0v) is 13.1. The van der Waals surface area contributed by atoms with Crippen molar-refractivity contribution < 1.29 is 0 Å². The van der Waals surface area contributed by atoms with E-state index in [-0.39, 0.29) is 0 Å². The lowest BCUT2D eigenvalue weighted by atomic mass is 10.4. The van der Waals surface area contributed by atoms with E-state index in [0.29, 0.717) is 0 Å². The van der Waals surface area contributed by atoms with Crippen LogP contribution in [0.1, 0.15) is 53.9 Å². The molecule has 0 saturated heterocycles. The first kappa shape index (κ1) is 15.9. The molecule has 1 unspecified atom stereocenters. The van der Waals surface area contributed by atoms with Crippen molar-refractivity contribution in [1.82, 2.24) is 4.57 Å². The molecule has 1 nitrogen and oxygen atoms in total. The van der Waals surface area contributed by atoms with Crippen LogP contribution in [0, 0.1) is 0 Å². The first-order chi connectivity index (χ1) is 7.58. The molecule has 96 valence electrons. The lowest BCUT2D eigenvalue weighted by Crippen LogP contribution is -2.54. The van der Waals surface area contributed by atoms with Crippen molar-refractivity contribution >= 4 is 8.24 Å². The fourth-order valence-electron chi connectivity index (χ4n) is 2.84. The summed E-state index contributed by atoms with van der Waals surface area (Å²) in [6.07, 6.45) is 3.84. The molecule has 0 heterocycles. The van der Waals surface area contributed by atoms with Gasteiger partial charge in [0.2, 0.25) is 0 Å². The Labute approximate surface area is 104 Å². The Balaban J connectivity index is 4.97. The van der Waals surface area contributed by atoms with Gasteiger partial charge in [0, 0.05) is 0 Å². The third-order valence-electron chi connectivity index (χ3n) is 3.64. The molecule has 1 atom stereocenters. The van der Waals surface area contributed by atoms with Gasteiger partial charge in [0.15, 0.2) is 8.24 Å². The quantitative estimate of drug-likeness (QED) is 0.533. The number of nitrogens with zero attached hydrogens (tertiary/aromatic N) is 1. The summed E-state index contributed by atoms with van der Waals surface area (Å²) in [4.78, 5) is 0. The van der Waals surface area contributed by atoms with Crippen molar-refractivity contribution in [2.75, 3.05) is 13.1 Å². The van der Waals surface area contributed by atoms with Crippen LogP contribution in [0.2, 0.25) is 12.1 Å². The second-order valence-electron chi connectivity index (χ2n) is 4.90. The fourth-order valence-corrected chi connectivity index (χ4v) is 7.65. The SMILES string of the molecule is C=C(C)[Si](CC)(CCC)N(CCC)CCC. The van der Waals surface area contributed by atoms with Crippen LogP contribution in [0.25, 0.3) is 0 Å². The van der Waals surface area contributed by atoms with Gasteiger partial charge in [-0.3, -0.25) is 0 Å². The van der Waals surface area contributed by atoms with E-state index in [9.17, 15) is 0 Å². The van der Waals surface area contributed by atoms with Gasteiger partial charge in [-0.25, -0.2) is 0 Å². The lowest BCUT2D eigenvalue weighted by molar-refractivity contribution is 0.413. The molecular weight excluding hydrogens is 210 g/mol. The molecule has 0 amide bonds. The van der Waals surface area contributed by atoms with Crippen LogP contribution in [0.5, 0.6) is 0 Å². The van der Waals surface area contributed by atoms with Crippen LogP contribution in [0.3, 0.4) is 0 Å². The van der Waals surface area contributed by atoms with Crippen molar-refractivity contribution in [2.24, 2.45) is 0 Å². The summed E-state index contributed by atoms with van der Waals surface area (Å²) in [7, 11) is -1.38. The number of allylic oxidation sites excluding steroid dienone is 1. The number of rotatable bonds is 9. The minimum absolute atomic E-state index is 1.26. The number of hydrogen-bond donors (Lipinski definition) is 0. The van der Waals surface area contributed by atoms with Gasteiger partial charge in [-0.15, -0.1) is 6.58 Å². The Morgan fingerprint density at radius 1 is 1.00 bits per heavy atom. The maximum absolute atomic E-state index is 4.32. The van der Waals surface area contributed by atoms with Crippen LogP contribution >= 0.6 is 0 Å². The Morgan fingerprint density at radius 3 is 1.75 bits per heavy atom. The van der Waals surface area contributed by atoms with Crippen molar-refractivity contribution in [2.45, 2.75) is 66.0 Å². The molecule has 16 heavy (non-hydrogen) atoms. The van der Waals surface area contributed by atoms with E-state index in [1.54, 1.807) is 0 Å². The van der Waals surface area contributed by atoms with Gasteiger partial charge in [-0.05, 0) is 44.9 Å². The van der Waals surface area contributed by atoms with Gasteiger partial charge in [0.05, 0.1) is 0 Å². The fraction of sp³-hybridized carbons (Fsp3) is 0.857. The van der Waals surface area contributed by atoms with Crippen LogP contribution in [0.15, 0.2) is 11.8 Å². The summed E-state index contributed by atoms with van der Waals surface area (Å²) in [6.45, 7) is 18.4. The highest BCUT2D eigenvalue weighted by molar-refractivity contribution is 6.83. The molecule has 0 aliphatic rings. The second kappa shape index (κ2) is 8.07. The zero-order valence-electron chi connectivity index (χ0n) is 12.1. The Bertz CT molecular complexity index is 197. The van der Waals surface area contributed by atoms with Crippen LogP contribution in [-0.2, 0) is 0 Å². The molecule has 0 radical (unpaired) electrons. The molecule has 0 fully saturated rings. The largest absolute Gasteiger partial charge is 0.320 e. The molecule has 0 aromatic heterocycles.